The number of carbonyl (C=O) groups excluding carboxylic acids is 1. The number of carbonyl (C=O) groups is 1. The van der Waals surface area contributed by atoms with Gasteiger partial charge in [0, 0.05) is 24.7 Å². The predicted octanol–water partition coefficient (Wildman–Crippen LogP) is 0.826. The van der Waals surface area contributed by atoms with Crippen LogP contribution >= 0.6 is 11.3 Å². The van der Waals surface area contributed by atoms with Gasteiger partial charge < -0.3 is 10.2 Å². The number of anilines is 1. The van der Waals surface area contributed by atoms with Gasteiger partial charge in [-0.25, -0.2) is 9.78 Å². The Morgan fingerprint density at radius 2 is 2.43 bits per heavy atom. The van der Waals surface area contributed by atoms with Gasteiger partial charge in [0.15, 0.2) is 5.13 Å². The lowest BCUT2D eigenvalue weighted by Gasteiger charge is -2.10. The third kappa shape index (κ3) is 4.20. The Kier molecular flexibility index (Phi) is 4.34. The molecule has 0 atom stereocenters. The zero-order chi connectivity index (χ0) is 10.4. The largest absolute Gasteiger partial charge is 0.337 e. The quantitative estimate of drug-likeness (QED) is 0.780. The van der Waals surface area contributed by atoms with Crippen molar-refractivity contribution >= 4 is 22.5 Å². The molecule has 0 fully saturated rings. The fourth-order valence-electron chi connectivity index (χ4n) is 0.820. The van der Waals surface area contributed by atoms with Gasteiger partial charge in [0.1, 0.15) is 0 Å². The Balaban J connectivity index is 2.17. The summed E-state index contributed by atoms with van der Waals surface area (Å²) in [5, 5.41) is 7.79. The lowest BCUT2D eigenvalue weighted by Crippen LogP contribution is -2.34. The van der Waals surface area contributed by atoms with Crippen molar-refractivity contribution in [1.29, 1.82) is 0 Å². The van der Waals surface area contributed by atoms with E-state index in [1.807, 2.05) is 24.4 Å². The van der Waals surface area contributed by atoms with Crippen LogP contribution in [0.5, 0.6) is 0 Å². The van der Waals surface area contributed by atoms with E-state index in [0.29, 0.717) is 11.7 Å². The van der Waals surface area contributed by atoms with E-state index >= 15 is 0 Å². The Hall–Kier alpha value is -1.14. The highest BCUT2D eigenvalue weighted by Gasteiger charge is 2.01. The van der Waals surface area contributed by atoms with E-state index in [1.54, 1.807) is 6.20 Å². The first kappa shape index (κ1) is 10.9. The fraction of sp³-hybridized carbons (Fsp3) is 0.500. The van der Waals surface area contributed by atoms with E-state index in [4.69, 9.17) is 0 Å². The summed E-state index contributed by atoms with van der Waals surface area (Å²) < 4.78 is 0. The maximum atomic E-state index is 11.2. The van der Waals surface area contributed by atoms with Gasteiger partial charge in [-0.1, -0.05) is 0 Å². The van der Waals surface area contributed by atoms with E-state index in [1.165, 1.54) is 11.3 Å². The summed E-state index contributed by atoms with van der Waals surface area (Å²) in [5.41, 5.74) is 0. The van der Waals surface area contributed by atoms with Gasteiger partial charge >= 0.3 is 6.03 Å². The van der Waals surface area contributed by atoms with E-state index in [-0.39, 0.29) is 6.03 Å². The second-order valence-corrected chi connectivity index (χ2v) is 3.92. The summed E-state index contributed by atoms with van der Waals surface area (Å²) in [7, 11) is 3.92. The standard InChI is InChI=1S/C8H14N4OS/c1-12(2)5-3-9-7(13)11-8-10-4-6-14-8/h4,6H,3,5H2,1-2H3,(H2,9,10,11,13). The molecule has 1 rings (SSSR count). The van der Waals surface area contributed by atoms with Crippen LogP contribution in [0.1, 0.15) is 0 Å². The van der Waals surface area contributed by atoms with Crippen LogP contribution in [0.2, 0.25) is 0 Å². The zero-order valence-corrected chi connectivity index (χ0v) is 9.10. The minimum Gasteiger partial charge on any atom is -0.337 e. The maximum Gasteiger partial charge on any atom is 0.321 e. The highest BCUT2D eigenvalue weighted by molar-refractivity contribution is 7.13. The van der Waals surface area contributed by atoms with Crippen molar-refractivity contribution in [3.05, 3.63) is 11.6 Å². The molecule has 0 radical (unpaired) electrons. The molecule has 0 aliphatic carbocycles. The number of thiazole rings is 1. The molecular weight excluding hydrogens is 200 g/mol. The third-order valence-corrected chi connectivity index (χ3v) is 2.19. The first-order chi connectivity index (χ1) is 6.68. The van der Waals surface area contributed by atoms with Gasteiger partial charge in [-0.15, -0.1) is 11.3 Å². The number of likely N-dealkylation sites (N-methyl/N-ethyl adjacent to an activating group) is 1. The predicted molar refractivity (Wildman–Crippen MR) is 57.7 cm³/mol. The topological polar surface area (TPSA) is 57.3 Å². The maximum absolute atomic E-state index is 11.2. The minimum atomic E-state index is -0.207. The normalized spacial score (nSPS) is 10.2. The molecule has 0 aromatic carbocycles. The summed E-state index contributed by atoms with van der Waals surface area (Å²) >= 11 is 1.40. The lowest BCUT2D eigenvalue weighted by molar-refractivity contribution is 0.250. The van der Waals surface area contributed by atoms with Gasteiger partial charge in [0.25, 0.3) is 0 Å². The molecular formula is C8H14N4OS. The van der Waals surface area contributed by atoms with E-state index in [2.05, 4.69) is 15.6 Å². The number of hydrogen-bond donors (Lipinski definition) is 2. The average Bonchev–Trinajstić information content (AvgIpc) is 2.56. The lowest BCUT2D eigenvalue weighted by atomic mass is 10.6. The first-order valence-corrected chi connectivity index (χ1v) is 5.15. The Morgan fingerprint density at radius 1 is 1.64 bits per heavy atom. The summed E-state index contributed by atoms with van der Waals surface area (Å²) in [6.45, 7) is 1.45. The van der Waals surface area contributed by atoms with Crippen molar-refractivity contribution in [2.24, 2.45) is 0 Å². The van der Waals surface area contributed by atoms with Crippen molar-refractivity contribution in [1.82, 2.24) is 15.2 Å². The second-order valence-electron chi connectivity index (χ2n) is 3.02. The van der Waals surface area contributed by atoms with Crippen molar-refractivity contribution in [3.63, 3.8) is 0 Å². The molecule has 0 spiro atoms. The third-order valence-electron chi connectivity index (χ3n) is 1.50. The summed E-state index contributed by atoms with van der Waals surface area (Å²) in [6, 6.07) is -0.207. The number of amides is 2. The van der Waals surface area contributed by atoms with Crippen molar-refractivity contribution in [2.45, 2.75) is 0 Å². The molecule has 0 aliphatic heterocycles. The molecule has 78 valence electrons. The molecule has 0 unspecified atom stereocenters. The van der Waals surface area contributed by atoms with Gasteiger partial charge in [0.05, 0.1) is 0 Å². The van der Waals surface area contributed by atoms with Crippen LogP contribution in [0.4, 0.5) is 9.93 Å². The van der Waals surface area contributed by atoms with E-state index in [9.17, 15) is 4.79 Å². The Bertz CT molecular complexity index is 273. The molecule has 5 nitrogen and oxygen atoms in total. The SMILES string of the molecule is CN(C)CCNC(=O)Nc1nccs1. The highest BCUT2D eigenvalue weighted by Crippen LogP contribution is 2.09. The number of nitrogens with zero attached hydrogens (tertiary/aromatic N) is 2. The molecule has 6 heteroatoms. The Morgan fingerprint density at radius 3 is 3.00 bits per heavy atom. The van der Waals surface area contributed by atoms with Crippen molar-refractivity contribution in [2.75, 3.05) is 32.5 Å². The number of urea groups is 1. The number of nitrogens with one attached hydrogen (secondary N) is 2. The van der Waals surface area contributed by atoms with Crippen LogP contribution in [0, 0.1) is 0 Å². The number of hydrogen-bond acceptors (Lipinski definition) is 4. The minimum absolute atomic E-state index is 0.207. The Labute approximate surface area is 87.1 Å². The number of rotatable bonds is 4. The molecule has 2 N–H and O–H groups in total. The molecule has 0 bridgehead atoms. The van der Waals surface area contributed by atoms with E-state index < -0.39 is 0 Å². The summed E-state index contributed by atoms with van der Waals surface area (Å²) in [6.07, 6.45) is 1.65. The van der Waals surface area contributed by atoms with Gasteiger partial charge in [-0.05, 0) is 14.1 Å². The second kappa shape index (κ2) is 5.56. The van der Waals surface area contributed by atoms with Crippen LogP contribution < -0.4 is 10.6 Å². The van der Waals surface area contributed by atoms with E-state index in [0.717, 1.165) is 6.54 Å². The fourth-order valence-corrected chi connectivity index (χ4v) is 1.34. The van der Waals surface area contributed by atoms with Crippen molar-refractivity contribution in [3.8, 4) is 0 Å². The van der Waals surface area contributed by atoms with Crippen LogP contribution in [0.25, 0.3) is 0 Å². The van der Waals surface area contributed by atoms with Crippen LogP contribution in [-0.2, 0) is 0 Å². The molecule has 14 heavy (non-hydrogen) atoms. The summed E-state index contributed by atoms with van der Waals surface area (Å²) in [5.74, 6) is 0. The first-order valence-electron chi connectivity index (χ1n) is 4.27. The monoisotopic (exact) mass is 214 g/mol. The van der Waals surface area contributed by atoms with Crippen LogP contribution in [0.15, 0.2) is 11.6 Å². The van der Waals surface area contributed by atoms with Crippen molar-refractivity contribution < 1.29 is 4.79 Å². The molecule has 0 saturated carbocycles. The molecule has 2 amide bonds. The smallest absolute Gasteiger partial charge is 0.321 e. The average molecular weight is 214 g/mol. The molecule has 1 aromatic rings. The van der Waals surface area contributed by atoms with Crippen LogP contribution in [0.3, 0.4) is 0 Å². The highest BCUT2D eigenvalue weighted by atomic mass is 32.1. The molecule has 1 heterocycles. The number of aromatic nitrogens is 1. The molecule has 0 aliphatic rings. The van der Waals surface area contributed by atoms with Gasteiger partial charge in [-0.3, -0.25) is 5.32 Å². The zero-order valence-electron chi connectivity index (χ0n) is 8.28. The molecule has 1 aromatic heterocycles. The van der Waals surface area contributed by atoms with Gasteiger partial charge in [-0.2, -0.15) is 0 Å². The molecule has 0 saturated heterocycles. The van der Waals surface area contributed by atoms with Gasteiger partial charge in [0.2, 0.25) is 0 Å². The summed E-state index contributed by atoms with van der Waals surface area (Å²) in [4.78, 5) is 17.2. The van der Waals surface area contributed by atoms with Crippen LogP contribution in [-0.4, -0.2) is 43.1 Å².